The minimum Gasteiger partial charge on any atom is -0.325 e. The number of hydrogen-bond donors (Lipinski definition) is 1. The van der Waals surface area contributed by atoms with Crippen LogP contribution in [0.3, 0.4) is 0 Å². The van der Waals surface area contributed by atoms with Gasteiger partial charge in [-0.2, -0.15) is 0 Å². The molecule has 0 spiro atoms. The Bertz CT molecular complexity index is 314. The van der Waals surface area contributed by atoms with Gasteiger partial charge in [0.15, 0.2) is 0 Å². The highest BCUT2D eigenvalue weighted by molar-refractivity contribution is 5.04. The molecule has 19 heavy (non-hydrogen) atoms. The fraction of sp³-hybridized carbons (Fsp3) is 1.00. The van der Waals surface area contributed by atoms with Gasteiger partial charge in [0.1, 0.15) is 0 Å². The van der Waals surface area contributed by atoms with Crippen molar-refractivity contribution < 1.29 is 0 Å². The maximum atomic E-state index is 6.88. The van der Waals surface area contributed by atoms with E-state index in [2.05, 4.69) is 6.92 Å². The average Bonchev–Trinajstić information content (AvgIpc) is 2.38. The van der Waals surface area contributed by atoms with Crippen LogP contribution in [0, 0.1) is 35.5 Å². The van der Waals surface area contributed by atoms with Crippen LogP contribution in [0.15, 0.2) is 0 Å². The standard InChI is InChI=1S/C18H31N/c1-12(18(19)5-3-2-4-6-18)17-15-8-13-7-14(10-15)11-16(17)9-13/h12-17H,2-11,19H2,1H3. The zero-order valence-corrected chi connectivity index (χ0v) is 12.6. The molecule has 4 bridgehead atoms. The van der Waals surface area contributed by atoms with E-state index in [9.17, 15) is 0 Å². The second-order valence-electron chi connectivity index (χ2n) is 8.59. The van der Waals surface area contributed by atoms with Gasteiger partial charge >= 0.3 is 0 Å². The molecule has 0 heterocycles. The molecule has 1 heteroatoms. The average molecular weight is 261 g/mol. The van der Waals surface area contributed by atoms with Gasteiger partial charge in [-0.05, 0) is 80.5 Å². The fourth-order valence-electron chi connectivity index (χ4n) is 6.83. The van der Waals surface area contributed by atoms with Crippen molar-refractivity contribution in [2.45, 2.75) is 76.7 Å². The lowest BCUT2D eigenvalue weighted by Gasteiger charge is -2.58. The van der Waals surface area contributed by atoms with E-state index in [1.54, 1.807) is 32.1 Å². The summed E-state index contributed by atoms with van der Waals surface area (Å²) in [7, 11) is 0. The van der Waals surface area contributed by atoms with E-state index in [1.807, 2.05) is 0 Å². The van der Waals surface area contributed by atoms with Gasteiger partial charge in [-0.25, -0.2) is 0 Å². The van der Waals surface area contributed by atoms with E-state index in [0.717, 1.165) is 35.5 Å². The first-order valence-electron chi connectivity index (χ1n) is 8.94. The highest BCUT2D eigenvalue weighted by atomic mass is 14.8. The van der Waals surface area contributed by atoms with E-state index in [1.165, 1.54) is 32.1 Å². The zero-order chi connectivity index (χ0) is 13.0. The molecule has 5 aliphatic rings. The van der Waals surface area contributed by atoms with Crippen LogP contribution in [-0.2, 0) is 0 Å². The second-order valence-corrected chi connectivity index (χ2v) is 8.59. The van der Waals surface area contributed by atoms with Gasteiger partial charge in [0.05, 0.1) is 0 Å². The molecular weight excluding hydrogens is 230 g/mol. The highest BCUT2D eigenvalue weighted by Crippen LogP contribution is 2.60. The van der Waals surface area contributed by atoms with Crippen molar-refractivity contribution in [1.29, 1.82) is 0 Å². The largest absolute Gasteiger partial charge is 0.325 e. The van der Waals surface area contributed by atoms with Gasteiger partial charge in [0.25, 0.3) is 0 Å². The Morgan fingerprint density at radius 2 is 1.37 bits per heavy atom. The Balaban J connectivity index is 1.55. The molecule has 0 aromatic heterocycles. The van der Waals surface area contributed by atoms with Gasteiger partial charge in [-0.1, -0.05) is 26.2 Å². The Hall–Kier alpha value is -0.0400. The van der Waals surface area contributed by atoms with Crippen molar-refractivity contribution in [3.05, 3.63) is 0 Å². The van der Waals surface area contributed by atoms with Gasteiger partial charge in [-0.3, -0.25) is 0 Å². The number of nitrogens with two attached hydrogens (primary N) is 1. The number of rotatable bonds is 2. The number of hydrogen-bond acceptors (Lipinski definition) is 1. The molecule has 1 atom stereocenters. The first kappa shape index (κ1) is 12.7. The lowest BCUT2D eigenvalue weighted by atomic mass is 9.47. The van der Waals surface area contributed by atoms with E-state index in [-0.39, 0.29) is 5.54 Å². The summed E-state index contributed by atoms with van der Waals surface area (Å²) in [5.41, 5.74) is 7.08. The van der Waals surface area contributed by atoms with Crippen molar-refractivity contribution in [3.63, 3.8) is 0 Å². The quantitative estimate of drug-likeness (QED) is 0.785. The van der Waals surface area contributed by atoms with Crippen molar-refractivity contribution in [3.8, 4) is 0 Å². The van der Waals surface area contributed by atoms with Crippen LogP contribution in [0.25, 0.3) is 0 Å². The third-order valence-electron chi connectivity index (χ3n) is 7.57. The molecule has 1 nitrogen and oxygen atoms in total. The molecule has 0 aromatic carbocycles. The van der Waals surface area contributed by atoms with E-state index >= 15 is 0 Å². The van der Waals surface area contributed by atoms with Gasteiger partial charge < -0.3 is 5.73 Å². The minimum atomic E-state index is 0.193. The maximum Gasteiger partial charge on any atom is 0.0183 e. The van der Waals surface area contributed by atoms with Gasteiger partial charge in [-0.15, -0.1) is 0 Å². The Kier molecular flexibility index (Phi) is 2.99. The molecule has 0 aromatic rings. The Labute approximate surface area is 118 Å². The minimum absolute atomic E-state index is 0.193. The molecule has 108 valence electrons. The van der Waals surface area contributed by atoms with Crippen LogP contribution in [-0.4, -0.2) is 5.54 Å². The maximum absolute atomic E-state index is 6.88. The monoisotopic (exact) mass is 261 g/mol. The Morgan fingerprint density at radius 3 is 1.89 bits per heavy atom. The molecule has 0 saturated heterocycles. The summed E-state index contributed by atoms with van der Waals surface area (Å²) in [6, 6.07) is 0. The molecular formula is C18H31N. The second kappa shape index (κ2) is 4.48. The first-order valence-corrected chi connectivity index (χ1v) is 8.94. The van der Waals surface area contributed by atoms with Crippen LogP contribution >= 0.6 is 0 Å². The normalized spacial score (nSPS) is 49.3. The molecule has 0 amide bonds. The van der Waals surface area contributed by atoms with Gasteiger partial charge in [0, 0.05) is 5.54 Å². The van der Waals surface area contributed by atoms with E-state index < -0.39 is 0 Å². The molecule has 5 fully saturated rings. The van der Waals surface area contributed by atoms with E-state index in [4.69, 9.17) is 5.73 Å². The van der Waals surface area contributed by atoms with Crippen LogP contribution in [0.5, 0.6) is 0 Å². The molecule has 2 N–H and O–H groups in total. The van der Waals surface area contributed by atoms with Crippen molar-refractivity contribution >= 4 is 0 Å². The lowest BCUT2D eigenvalue weighted by molar-refractivity contribution is -0.0763. The SMILES string of the molecule is CC(C1C2CC3CC(C2)CC1C3)C1(N)CCCCC1. The molecule has 1 unspecified atom stereocenters. The molecule has 5 saturated carbocycles. The first-order chi connectivity index (χ1) is 9.16. The Morgan fingerprint density at radius 1 is 0.842 bits per heavy atom. The zero-order valence-electron chi connectivity index (χ0n) is 12.6. The summed E-state index contributed by atoms with van der Waals surface area (Å²) in [6.07, 6.45) is 14.6. The van der Waals surface area contributed by atoms with Crippen molar-refractivity contribution in [2.24, 2.45) is 41.2 Å². The van der Waals surface area contributed by atoms with Crippen LogP contribution in [0.4, 0.5) is 0 Å². The molecule has 0 radical (unpaired) electrons. The molecule has 5 rings (SSSR count). The smallest absolute Gasteiger partial charge is 0.0183 e. The van der Waals surface area contributed by atoms with E-state index in [0.29, 0.717) is 0 Å². The van der Waals surface area contributed by atoms with Crippen LogP contribution in [0.2, 0.25) is 0 Å². The highest BCUT2D eigenvalue weighted by Gasteiger charge is 2.52. The van der Waals surface area contributed by atoms with Crippen molar-refractivity contribution in [2.75, 3.05) is 0 Å². The predicted octanol–water partition coefficient (Wildman–Crippen LogP) is 4.36. The molecule has 0 aliphatic heterocycles. The summed E-state index contributed by atoms with van der Waals surface area (Å²) < 4.78 is 0. The summed E-state index contributed by atoms with van der Waals surface area (Å²) in [5.74, 6) is 6.07. The molecule has 5 aliphatic carbocycles. The van der Waals surface area contributed by atoms with Crippen LogP contribution in [0.1, 0.15) is 71.1 Å². The topological polar surface area (TPSA) is 26.0 Å². The summed E-state index contributed by atoms with van der Waals surface area (Å²) in [4.78, 5) is 0. The van der Waals surface area contributed by atoms with Gasteiger partial charge in [0.2, 0.25) is 0 Å². The van der Waals surface area contributed by atoms with Crippen LogP contribution < -0.4 is 5.73 Å². The third-order valence-corrected chi connectivity index (χ3v) is 7.57. The summed E-state index contributed by atoms with van der Waals surface area (Å²) >= 11 is 0. The predicted molar refractivity (Wildman–Crippen MR) is 79.7 cm³/mol. The lowest BCUT2D eigenvalue weighted by Crippen LogP contribution is -2.56. The fourth-order valence-corrected chi connectivity index (χ4v) is 6.83. The van der Waals surface area contributed by atoms with Crippen molar-refractivity contribution in [1.82, 2.24) is 0 Å². The summed E-state index contributed by atoms with van der Waals surface area (Å²) in [5, 5.41) is 0. The summed E-state index contributed by atoms with van der Waals surface area (Å²) in [6.45, 7) is 2.53. The third kappa shape index (κ3) is 1.99.